The molecule has 3 amide bonds. The van der Waals surface area contributed by atoms with Gasteiger partial charge in [0.05, 0.1) is 18.2 Å². The average Bonchev–Trinajstić information content (AvgIpc) is 2.94. The van der Waals surface area contributed by atoms with Crippen LogP contribution in [0.3, 0.4) is 0 Å². The van der Waals surface area contributed by atoms with Gasteiger partial charge in [-0.15, -0.1) is 0 Å². The first-order valence-corrected chi connectivity index (χ1v) is 8.97. The summed E-state index contributed by atoms with van der Waals surface area (Å²) in [5.41, 5.74) is 1.10. The smallest absolute Gasteiger partial charge is 0.315 e. The van der Waals surface area contributed by atoms with Crippen molar-refractivity contribution < 1.29 is 14.3 Å². The molecular formula is C19H29N3O3. The van der Waals surface area contributed by atoms with Gasteiger partial charge in [0.1, 0.15) is 0 Å². The van der Waals surface area contributed by atoms with E-state index >= 15 is 0 Å². The molecule has 0 aliphatic carbocycles. The van der Waals surface area contributed by atoms with Gasteiger partial charge in [0.25, 0.3) is 0 Å². The van der Waals surface area contributed by atoms with E-state index in [0.717, 1.165) is 12.0 Å². The lowest BCUT2D eigenvalue weighted by Gasteiger charge is -2.25. The van der Waals surface area contributed by atoms with Gasteiger partial charge in [-0.3, -0.25) is 4.79 Å². The van der Waals surface area contributed by atoms with Gasteiger partial charge in [-0.1, -0.05) is 30.3 Å². The van der Waals surface area contributed by atoms with Gasteiger partial charge in [0.15, 0.2) is 0 Å². The third kappa shape index (κ3) is 6.05. The molecule has 0 radical (unpaired) electrons. The molecule has 0 saturated carbocycles. The highest BCUT2D eigenvalue weighted by molar-refractivity contribution is 5.82. The van der Waals surface area contributed by atoms with Gasteiger partial charge in [-0.05, 0) is 32.8 Å². The molecule has 6 heteroatoms. The van der Waals surface area contributed by atoms with Crippen LogP contribution < -0.4 is 10.6 Å². The predicted octanol–water partition coefficient (Wildman–Crippen LogP) is 2.46. The van der Waals surface area contributed by atoms with Crippen LogP contribution in [0.1, 0.15) is 45.2 Å². The number of nitrogens with zero attached hydrogens (tertiary/aromatic N) is 1. The fourth-order valence-corrected chi connectivity index (χ4v) is 2.94. The Morgan fingerprint density at radius 3 is 2.68 bits per heavy atom. The van der Waals surface area contributed by atoms with Crippen molar-refractivity contribution >= 4 is 11.9 Å². The average molecular weight is 347 g/mol. The van der Waals surface area contributed by atoms with Crippen LogP contribution in [0.5, 0.6) is 0 Å². The summed E-state index contributed by atoms with van der Waals surface area (Å²) in [6, 6.07) is 9.58. The Bertz CT molecular complexity index is 562. The summed E-state index contributed by atoms with van der Waals surface area (Å²) in [5.74, 6) is 0.0759. The first-order valence-electron chi connectivity index (χ1n) is 8.97. The normalized spacial score (nSPS) is 18.5. The highest BCUT2D eigenvalue weighted by atomic mass is 16.5. The number of hydrogen-bond acceptors (Lipinski definition) is 3. The van der Waals surface area contributed by atoms with E-state index in [1.54, 1.807) is 0 Å². The number of benzene rings is 1. The minimum atomic E-state index is -0.225. The van der Waals surface area contributed by atoms with Gasteiger partial charge in [0, 0.05) is 26.1 Å². The molecule has 1 aromatic carbocycles. The molecule has 2 atom stereocenters. The summed E-state index contributed by atoms with van der Waals surface area (Å²) in [6.45, 7) is 7.72. The Kier molecular flexibility index (Phi) is 7.25. The van der Waals surface area contributed by atoms with Crippen LogP contribution in [-0.2, 0) is 9.53 Å². The molecule has 2 rings (SSSR count). The van der Waals surface area contributed by atoms with E-state index in [0.29, 0.717) is 26.1 Å². The quantitative estimate of drug-likeness (QED) is 0.710. The van der Waals surface area contributed by atoms with Crippen LogP contribution in [-0.4, -0.2) is 48.7 Å². The molecule has 1 saturated heterocycles. The molecule has 6 nitrogen and oxygen atoms in total. The lowest BCUT2D eigenvalue weighted by atomic mass is 10.1. The van der Waals surface area contributed by atoms with Crippen LogP contribution in [0.15, 0.2) is 30.3 Å². The van der Waals surface area contributed by atoms with Crippen molar-refractivity contribution in [3.8, 4) is 0 Å². The number of nitrogens with one attached hydrogen (secondary N) is 2. The molecule has 1 aromatic rings. The number of rotatable bonds is 8. The third-order valence-corrected chi connectivity index (χ3v) is 4.30. The maximum absolute atomic E-state index is 12.3. The number of hydrogen-bond donors (Lipinski definition) is 2. The van der Waals surface area contributed by atoms with E-state index < -0.39 is 0 Å². The van der Waals surface area contributed by atoms with Crippen molar-refractivity contribution in [1.82, 2.24) is 15.5 Å². The van der Waals surface area contributed by atoms with E-state index in [-0.39, 0.29) is 30.1 Å². The van der Waals surface area contributed by atoms with Crippen LogP contribution in [0.4, 0.5) is 4.79 Å². The fourth-order valence-electron chi connectivity index (χ4n) is 2.94. The summed E-state index contributed by atoms with van der Waals surface area (Å²) in [4.78, 5) is 26.1. The maximum atomic E-state index is 12.3. The first-order chi connectivity index (χ1) is 12.0. The zero-order chi connectivity index (χ0) is 18.2. The SMILES string of the molecule is CC(C)OCCCNC(=O)NC1CC(=O)N(C(C)c2ccccc2)C1. The molecule has 1 fully saturated rings. The van der Waals surface area contributed by atoms with E-state index in [1.807, 2.05) is 56.0 Å². The van der Waals surface area contributed by atoms with Crippen LogP contribution in [0.2, 0.25) is 0 Å². The molecule has 1 aliphatic rings. The second kappa shape index (κ2) is 9.42. The summed E-state index contributed by atoms with van der Waals surface area (Å²) in [6.07, 6.45) is 1.32. The highest BCUT2D eigenvalue weighted by Crippen LogP contribution is 2.25. The Balaban J connectivity index is 1.73. The van der Waals surface area contributed by atoms with Crippen molar-refractivity contribution in [2.24, 2.45) is 0 Å². The molecule has 1 aliphatic heterocycles. The topological polar surface area (TPSA) is 70.7 Å². The van der Waals surface area contributed by atoms with Gasteiger partial charge < -0.3 is 20.3 Å². The van der Waals surface area contributed by atoms with E-state index in [4.69, 9.17) is 4.74 Å². The van der Waals surface area contributed by atoms with Crippen molar-refractivity contribution in [1.29, 1.82) is 0 Å². The molecule has 138 valence electrons. The standard InChI is InChI=1S/C19H29N3O3/c1-14(2)25-11-7-10-20-19(24)21-17-12-18(23)22(13-17)15(3)16-8-5-4-6-9-16/h4-6,8-9,14-15,17H,7,10-13H2,1-3H3,(H2,20,21,24). The molecule has 0 spiro atoms. The molecule has 25 heavy (non-hydrogen) atoms. The van der Waals surface area contributed by atoms with E-state index in [1.165, 1.54) is 0 Å². The summed E-state index contributed by atoms with van der Waals surface area (Å²) < 4.78 is 5.43. The molecule has 2 unspecified atom stereocenters. The monoisotopic (exact) mass is 347 g/mol. The summed E-state index contributed by atoms with van der Waals surface area (Å²) in [5, 5.41) is 5.71. The lowest BCUT2D eigenvalue weighted by molar-refractivity contribution is -0.129. The predicted molar refractivity (Wildman–Crippen MR) is 97.2 cm³/mol. The lowest BCUT2D eigenvalue weighted by Crippen LogP contribution is -2.43. The van der Waals surface area contributed by atoms with Crippen LogP contribution in [0, 0.1) is 0 Å². The Morgan fingerprint density at radius 1 is 1.28 bits per heavy atom. The minimum absolute atomic E-state index is 0.0109. The molecule has 0 aromatic heterocycles. The van der Waals surface area contributed by atoms with Gasteiger partial charge in [-0.25, -0.2) is 4.79 Å². The Labute approximate surface area is 149 Å². The second-order valence-electron chi connectivity index (χ2n) is 6.71. The Morgan fingerprint density at radius 2 is 2.00 bits per heavy atom. The zero-order valence-corrected chi connectivity index (χ0v) is 15.3. The third-order valence-electron chi connectivity index (χ3n) is 4.30. The van der Waals surface area contributed by atoms with E-state index in [9.17, 15) is 9.59 Å². The van der Waals surface area contributed by atoms with Crippen molar-refractivity contribution in [2.45, 2.75) is 51.8 Å². The summed E-state index contributed by atoms with van der Waals surface area (Å²) in [7, 11) is 0. The van der Waals surface area contributed by atoms with Crippen LogP contribution in [0.25, 0.3) is 0 Å². The van der Waals surface area contributed by atoms with Crippen molar-refractivity contribution in [2.75, 3.05) is 19.7 Å². The Hall–Kier alpha value is -2.08. The molecule has 1 heterocycles. The molecular weight excluding hydrogens is 318 g/mol. The fraction of sp³-hybridized carbons (Fsp3) is 0.579. The number of ether oxygens (including phenoxy) is 1. The van der Waals surface area contributed by atoms with Crippen LogP contribution >= 0.6 is 0 Å². The first kappa shape index (κ1) is 19.2. The zero-order valence-electron chi connectivity index (χ0n) is 15.3. The largest absolute Gasteiger partial charge is 0.379 e. The number of carbonyl (C=O) groups excluding carboxylic acids is 2. The number of urea groups is 1. The highest BCUT2D eigenvalue weighted by Gasteiger charge is 2.33. The van der Waals surface area contributed by atoms with Gasteiger partial charge in [-0.2, -0.15) is 0 Å². The number of carbonyl (C=O) groups is 2. The van der Waals surface area contributed by atoms with Gasteiger partial charge in [0.2, 0.25) is 5.91 Å². The molecule has 2 N–H and O–H groups in total. The second-order valence-corrected chi connectivity index (χ2v) is 6.71. The summed E-state index contributed by atoms with van der Waals surface area (Å²) >= 11 is 0. The molecule has 0 bridgehead atoms. The van der Waals surface area contributed by atoms with Gasteiger partial charge >= 0.3 is 6.03 Å². The number of likely N-dealkylation sites (tertiary alicyclic amines) is 1. The van der Waals surface area contributed by atoms with E-state index in [2.05, 4.69) is 10.6 Å². The number of amides is 3. The van der Waals surface area contributed by atoms with Crippen molar-refractivity contribution in [3.63, 3.8) is 0 Å². The minimum Gasteiger partial charge on any atom is -0.379 e. The maximum Gasteiger partial charge on any atom is 0.315 e. The van der Waals surface area contributed by atoms with Crippen molar-refractivity contribution in [3.05, 3.63) is 35.9 Å².